The summed E-state index contributed by atoms with van der Waals surface area (Å²) in [5.41, 5.74) is 0. The molecule has 0 atom stereocenters. The summed E-state index contributed by atoms with van der Waals surface area (Å²) in [7, 11) is 0. The van der Waals surface area contributed by atoms with Gasteiger partial charge < -0.3 is 5.11 Å². The molecule has 1 fully saturated rings. The van der Waals surface area contributed by atoms with E-state index in [4.69, 9.17) is 5.11 Å². The number of hydrogen-bond acceptors (Lipinski definition) is 4. The van der Waals surface area contributed by atoms with Crippen LogP contribution in [0.5, 0.6) is 0 Å². The van der Waals surface area contributed by atoms with Gasteiger partial charge in [0.05, 0.1) is 19.5 Å². The third-order valence-corrected chi connectivity index (χ3v) is 1.70. The molecule has 72 valence electrons. The summed E-state index contributed by atoms with van der Waals surface area (Å²) >= 11 is 0. The number of nitrogens with zero attached hydrogens (tertiary/aromatic N) is 1. The smallest absolute Gasteiger partial charge is 0.305 e. The van der Waals surface area contributed by atoms with Gasteiger partial charge in [0.15, 0.2) is 0 Å². The first-order valence-electron chi connectivity index (χ1n) is 3.87. The number of rotatable bonds is 3. The van der Waals surface area contributed by atoms with Gasteiger partial charge in [-0.1, -0.05) is 0 Å². The van der Waals surface area contributed by atoms with Crippen molar-refractivity contribution in [2.45, 2.75) is 6.42 Å². The summed E-state index contributed by atoms with van der Waals surface area (Å²) in [5, 5.41) is 11.0. The van der Waals surface area contributed by atoms with Crippen molar-refractivity contribution >= 4 is 17.8 Å². The second-order valence-electron chi connectivity index (χ2n) is 2.69. The van der Waals surface area contributed by atoms with Crippen LogP contribution in [0, 0.1) is 0 Å². The van der Waals surface area contributed by atoms with Gasteiger partial charge in [-0.15, -0.1) is 0 Å². The third-order valence-electron chi connectivity index (χ3n) is 1.70. The highest BCUT2D eigenvalue weighted by molar-refractivity contribution is 5.99. The van der Waals surface area contributed by atoms with Crippen molar-refractivity contribution in [1.29, 1.82) is 0 Å². The average molecular weight is 186 g/mol. The number of carbonyl (C=O) groups excluding carboxylic acids is 2. The van der Waals surface area contributed by atoms with Crippen molar-refractivity contribution in [3.8, 4) is 0 Å². The van der Waals surface area contributed by atoms with E-state index >= 15 is 0 Å². The quantitative estimate of drug-likeness (QED) is 0.519. The number of carboxylic acids is 1. The normalized spacial score (nSPS) is 17.7. The molecule has 13 heavy (non-hydrogen) atoms. The van der Waals surface area contributed by atoms with Gasteiger partial charge in [-0.3, -0.25) is 24.6 Å². The van der Waals surface area contributed by atoms with Crippen LogP contribution in [0.15, 0.2) is 0 Å². The lowest BCUT2D eigenvalue weighted by atomic mass is 10.3. The van der Waals surface area contributed by atoms with E-state index in [2.05, 4.69) is 5.32 Å². The van der Waals surface area contributed by atoms with E-state index in [-0.39, 0.29) is 37.9 Å². The van der Waals surface area contributed by atoms with E-state index in [1.807, 2.05) is 0 Å². The fourth-order valence-corrected chi connectivity index (χ4v) is 1.06. The predicted octanol–water partition coefficient (Wildman–Crippen LogP) is -1.58. The molecule has 0 radical (unpaired) electrons. The molecule has 0 unspecified atom stereocenters. The molecule has 0 spiro atoms. The standard InChI is InChI=1S/C7H10N2O4/c10-5-3-8-4-6(11)9(5)2-1-7(12)13/h8H,1-4H2,(H,12,13). The second-order valence-corrected chi connectivity index (χ2v) is 2.69. The molecule has 0 aliphatic carbocycles. The maximum absolute atomic E-state index is 11.1. The number of piperazine rings is 1. The van der Waals surface area contributed by atoms with E-state index in [9.17, 15) is 14.4 Å². The molecule has 0 aromatic heterocycles. The van der Waals surface area contributed by atoms with Crippen LogP contribution in [0.3, 0.4) is 0 Å². The largest absolute Gasteiger partial charge is 0.481 e. The lowest BCUT2D eigenvalue weighted by Gasteiger charge is -2.24. The first-order chi connectivity index (χ1) is 6.11. The second kappa shape index (κ2) is 3.99. The molecule has 1 aliphatic rings. The maximum Gasteiger partial charge on any atom is 0.305 e. The summed E-state index contributed by atoms with van der Waals surface area (Å²) in [6, 6.07) is 0. The summed E-state index contributed by atoms with van der Waals surface area (Å²) in [5.74, 6) is -1.74. The molecule has 1 heterocycles. The summed E-state index contributed by atoms with van der Waals surface area (Å²) in [6.45, 7) is 0.172. The number of nitrogens with one attached hydrogen (secondary N) is 1. The van der Waals surface area contributed by atoms with Gasteiger partial charge >= 0.3 is 5.97 Å². The molecule has 0 aromatic carbocycles. The Labute approximate surface area is 74.5 Å². The van der Waals surface area contributed by atoms with Crippen LogP contribution in [0.25, 0.3) is 0 Å². The van der Waals surface area contributed by atoms with Gasteiger partial charge in [0.25, 0.3) is 0 Å². The molecular formula is C7H10N2O4. The minimum Gasteiger partial charge on any atom is -0.481 e. The summed E-state index contributed by atoms with van der Waals surface area (Å²) in [6.07, 6.45) is -0.197. The minimum atomic E-state index is -1.01. The molecule has 0 bridgehead atoms. The Morgan fingerprint density at radius 1 is 1.38 bits per heavy atom. The van der Waals surface area contributed by atoms with Crippen LogP contribution >= 0.6 is 0 Å². The first-order valence-corrected chi connectivity index (χ1v) is 3.87. The zero-order valence-corrected chi connectivity index (χ0v) is 6.95. The van der Waals surface area contributed by atoms with Crippen LogP contribution in [0.4, 0.5) is 0 Å². The van der Waals surface area contributed by atoms with Gasteiger partial charge in [-0.05, 0) is 0 Å². The van der Waals surface area contributed by atoms with Crippen LogP contribution in [0.2, 0.25) is 0 Å². The van der Waals surface area contributed by atoms with Crippen LogP contribution in [-0.2, 0) is 14.4 Å². The van der Waals surface area contributed by atoms with E-state index in [0.29, 0.717) is 0 Å². The van der Waals surface area contributed by atoms with E-state index in [0.717, 1.165) is 4.90 Å². The summed E-state index contributed by atoms with van der Waals surface area (Å²) in [4.78, 5) is 33.3. The third kappa shape index (κ3) is 2.51. The zero-order valence-electron chi connectivity index (χ0n) is 6.95. The Balaban J connectivity index is 2.49. The van der Waals surface area contributed by atoms with Gasteiger partial charge in [-0.25, -0.2) is 0 Å². The first kappa shape index (κ1) is 9.66. The van der Waals surface area contributed by atoms with Crippen molar-refractivity contribution in [1.82, 2.24) is 10.2 Å². The zero-order chi connectivity index (χ0) is 9.84. The Kier molecular flexibility index (Phi) is 2.97. The number of carbonyl (C=O) groups is 3. The Morgan fingerprint density at radius 3 is 2.38 bits per heavy atom. The van der Waals surface area contributed by atoms with Crippen molar-refractivity contribution < 1.29 is 19.5 Å². The topological polar surface area (TPSA) is 86.7 Å². The molecule has 0 aromatic rings. The highest BCUT2D eigenvalue weighted by atomic mass is 16.4. The van der Waals surface area contributed by atoms with Crippen molar-refractivity contribution in [3.63, 3.8) is 0 Å². The average Bonchev–Trinajstić information content (AvgIpc) is 2.03. The molecular weight excluding hydrogens is 176 g/mol. The molecule has 6 nitrogen and oxygen atoms in total. The summed E-state index contributed by atoms with van der Waals surface area (Å²) < 4.78 is 0. The predicted molar refractivity (Wildman–Crippen MR) is 41.8 cm³/mol. The lowest BCUT2D eigenvalue weighted by Crippen LogP contribution is -2.52. The molecule has 2 amide bonds. The number of amides is 2. The highest BCUT2D eigenvalue weighted by Crippen LogP contribution is 1.97. The molecule has 2 N–H and O–H groups in total. The van der Waals surface area contributed by atoms with Gasteiger partial charge in [0.1, 0.15) is 0 Å². The fourth-order valence-electron chi connectivity index (χ4n) is 1.06. The van der Waals surface area contributed by atoms with Gasteiger partial charge in [0, 0.05) is 6.54 Å². The number of carboxylic acid groups (broad SMARTS) is 1. The molecule has 0 saturated carbocycles. The van der Waals surface area contributed by atoms with E-state index in [1.54, 1.807) is 0 Å². The Bertz CT molecular complexity index is 235. The van der Waals surface area contributed by atoms with Gasteiger partial charge in [-0.2, -0.15) is 0 Å². The van der Waals surface area contributed by atoms with Crippen molar-refractivity contribution in [3.05, 3.63) is 0 Å². The number of aliphatic carboxylic acids is 1. The molecule has 1 saturated heterocycles. The van der Waals surface area contributed by atoms with Gasteiger partial charge in [0.2, 0.25) is 11.8 Å². The van der Waals surface area contributed by atoms with Crippen LogP contribution in [0.1, 0.15) is 6.42 Å². The SMILES string of the molecule is O=C(O)CCN1C(=O)CNCC1=O. The van der Waals surface area contributed by atoms with Crippen molar-refractivity contribution in [2.24, 2.45) is 0 Å². The highest BCUT2D eigenvalue weighted by Gasteiger charge is 2.25. The lowest BCUT2D eigenvalue weighted by molar-refractivity contribution is -0.147. The Hall–Kier alpha value is -1.43. The molecule has 1 aliphatic heterocycles. The van der Waals surface area contributed by atoms with Crippen molar-refractivity contribution in [2.75, 3.05) is 19.6 Å². The fraction of sp³-hybridized carbons (Fsp3) is 0.571. The number of hydrogen-bond donors (Lipinski definition) is 2. The molecule has 1 rings (SSSR count). The maximum atomic E-state index is 11.1. The minimum absolute atomic E-state index is 0.0331. The van der Waals surface area contributed by atoms with E-state index in [1.165, 1.54) is 0 Å². The molecule has 6 heteroatoms. The Morgan fingerprint density at radius 2 is 1.92 bits per heavy atom. The van der Waals surface area contributed by atoms with E-state index < -0.39 is 5.97 Å². The van der Waals surface area contributed by atoms with Crippen LogP contribution in [-0.4, -0.2) is 47.4 Å². The monoisotopic (exact) mass is 186 g/mol. The van der Waals surface area contributed by atoms with Crippen LogP contribution < -0.4 is 5.32 Å². The number of imide groups is 1.